The maximum absolute atomic E-state index is 11.5. The monoisotopic (exact) mass is 248 g/mol. The van der Waals surface area contributed by atoms with Crippen LogP contribution in [0.3, 0.4) is 0 Å². The number of aromatic hydroxyl groups is 1. The summed E-state index contributed by atoms with van der Waals surface area (Å²) in [6.45, 7) is 10.3. The van der Waals surface area contributed by atoms with Gasteiger partial charge in [-0.25, -0.2) is 0 Å². The molecule has 2 heteroatoms. The topological polar surface area (TPSA) is 37.3 Å². The summed E-state index contributed by atoms with van der Waals surface area (Å²) >= 11 is 0. The van der Waals surface area contributed by atoms with Gasteiger partial charge in [-0.2, -0.15) is 0 Å². The molecule has 0 aromatic heterocycles. The van der Waals surface area contributed by atoms with Gasteiger partial charge in [0.05, 0.1) is 5.56 Å². The zero-order valence-corrected chi connectivity index (χ0v) is 12.0. The predicted octanol–water partition coefficient (Wildman–Crippen LogP) is 4.38. The van der Waals surface area contributed by atoms with Crippen molar-refractivity contribution in [2.45, 2.75) is 47.0 Å². The summed E-state index contributed by atoms with van der Waals surface area (Å²) in [5.74, 6) is 1.58. The summed E-state index contributed by atoms with van der Waals surface area (Å²) in [6.07, 6.45) is 1.10. The number of Topliss-reactive ketones (excluding diaryl/α,β-unsaturated/α-hetero) is 1. The lowest BCUT2D eigenvalue weighted by Crippen LogP contribution is -2.10. The molecule has 1 rings (SSSR count). The molecule has 0 radical (unpaired) electrons. The average molecular weight is 248 g/mol. The highest BCUT2D eigenvalue weighted by atomic mass is 16.3. The maximum atomic E-state index is 11.5. The number of hydrogen-bond acceptors (Lipinski definition) is 2. The van der Waals surface area contributed by atoms with Crippen LogP contribution in [0, 0.1) is 11.8 Å². The second-order valence-corrected chi connectivity index (χ2v) is 5.81. The Balaban J connectivity index is 3.13. The number of carbonyl (C=O) groups excluding carboxylic acids is 1. The standard InChI is InChI=1S/C16H24O2/c1-10(2)8-14(11(3)4)13-6-7-16(18)15(9-13)12(5)17/h6-7,9-11,14,18H,8H2,1-5H3. The van der Waals surface area contributed by atoms with E-state index in [9.17, 15) is 9.90 Å². The van der Waals surface area contributed by atoms with Gasteiger partial charge in [-0.3, -0.25) is 4.79 Å². The fourth-order valence-corrected chi connectivity index (χ4v) is 2.37. The van der Waals surface area contributed by atoms with E-state index in [1.165, 1.54) is 6.92 Å². The highest BCUT2D eigenvalue weighted by molar-refractivity contribution is 5.96. The van der Waals surface area contributed by atoms with E-state index >= 15 is 0 Å². The van der Waals surface area contributed by atoms with Crippen LogP contribution < -0.4 is 0 Å². The Hall–Kier alpha value is -1.31. The van der Waals surface area contributed by atoms with Crippen molar-refractivity contribution < 1.29 is 9.90 Å². The van der Waals surface area contributed by atoms with Gasteiger partial charge in [-0.15, -0.1) is 0 Å². The van der Waals surface area contributed by atoms with E-state index in [1.54, 1.807) is 6.07 Å². The zero-order chi connectivity index (χ0) is 13.9. The van der Waals surface area contributed by atoms with Crippen LogP contribution in [0.25, 0.3) is 0 Å². The molecule has 1 atom stereocenters. The molecule has 2 nitrogen and oxygen atoms in total. The van der Waals surface area contributed by atoms with Gasteiger partial charge in [-0.1, -0.05) is 33.8 Å². The van der Waals surface area contributed by atoms with Gasteiger partial charge in [0.15, 0.2) is 5.78 Å². The van der Waals surface area contributed by atoms with Gasteiger partial charge in [0.25, 0.3) is 0 Å². The molecule has 0 aliphatic rings. The van der Waals surface area contributed by atoms with Gasteiger partial charge >= 0.3 is 0 Å². The Morgan fingerprint density at radius 2 is 1.83 bits per heavy atom. The number of rotatable bonds is 5. The Labute approximate surface area is 110 Å². The van der Waals surface area contributed by atoms with E-state index in [4.69, 9.17) is 0 Å². The average Bonchev–Trinajstić information content (AvgIpc) is 2.26. The summed E-state index contributed by atoms with van der Waals surface area (Å²) in [6, 6.07) is 5.43. The van der Waals surface area contributed by atoms with Crippen molar-refractivity contribution in [3.8, 4) is 5.75 Å². The van der Waals surface area contributed by atoms with Crippen molar-refractivity contribution >= 4 is 5.78 Å². The van der Waals surface area contributed by atoms with E-state index in [-0.39, 0.29) is 11.5 Å². The minimum atomic E-state index is -0.0820. The second-order valence-electron chi connectivity index (χ2n) is 5.81. The smallest absolute Gasteiger partial charge is 0.163 e. The Kier molecular flexibility index (Phi) is 4.94. The molecule has 0 aliphatic carbocycles. The van der Waals surface area contributed by atoms with E-state index in [2.05, 4.69) is 27.7 Å². The van der Waals surface area contributed by atoms with E-state index in [0.717, 1.165) is 12.0 Å². The first kappa shape index (κ1) is 14.7. The number of phenolic OH excluding ortho intramolecular Hbond substituents is 1. The van der Waals surface area contributed by atoms with E-state index in [1.807, 2.05) is 12.1 Å². The minimum Gasteiger partial charge on any atom is -0.507 e. The summed E-state index contributed by atoms with van der Waals surface area (Å²) in [4.78, 5) is 11.5. The number of phenols is 1. The first-order valence-electron chi connectivity index (χ1n) is 6.66. The van der Waals surface area contributed by atoms with Crippen LogP contribution in [0.5, 0.6) is 5.75 Å². The molecule has 0 heterocycles. The largest absolute Gasteiger partial charge is 0.507 e. The van der Waals surface area contributed by atoms with Crippen LogP contribution >= 0.6 is 0 Å². The third-order valence-corrected chi connectivity index (χ3v) is 3.36. The van der Waals surface area contributed by atoms with Crippen LogP contribution in [0.1, 0.15) is 62.9 Å². The SMILES string of the molecule is CC(=O)c1cc(C(CC(C)C)C(C)C)ccc1O. The first-order chi connectivity index (χ1) is 8.32. The molecule has 18 heavy (non-hydrogen) atoms. The van der Waals surface area contributed by atoms with Crippen LogP contribution in [0.2, 0.25) is 0 Å². The third-order valence-electron chi connectivity index (χ3n) is 3.36. The number of ketones is 1. The third kappa shape index (κ3) is 3.59. The molecule has 1 aromatic rings. The molecule has 0 aliphatic heterocycles. The number of hydrogen-bond donors (Lipinski definition) is 1. The fourth-order valence-electron chi connectivity index (χ4n) is 2.37. The number of benzene rings is 1. The van der Waals surface area contributed by atoms with Gasteiger partial charge in [0.2, 0.25) is 0 Å². The highest BCUT2D eigenvalue weighted by Crippen LogP contribution is 2.33. The molecule has 100 valence electrons. The zero-order valence-electron chi connectivity index (χ0n) is 12.0. The Bertz CT molecular complexity index is 419. The predicted molar refractivity (Wildman–Crippen MR) is 75.1 cm³/mol. The van der Waals surface area contributed by atoms with Crippen molar-refractivity contribution in [2.24, 2.45) is 11.8 Å². The molecule has 0 saturated carbocycles. The lowest BCUT2D eigenvalue weighted by atomic mass is 9.81. The van der Waals surface area contributed by atoms with Crippen LogP contribution in [0.15, 0.2) is 18.2 Å². The van der Waals surface area contributed by atoms with Crippen molar-refractivity contribution in [2.75, 3.05) is 0 Å². The summed E-state index contributed by atoms with van der Waals surface area (Å²) in [5, 5.41) is 9.69. The highest BCUT2D eigenvalue weighted by Gasteiger charge is 2.19. The molecule has 0 spiro atoms. The van der Waals surface area contributed by atoms with Crippen molar-refractivity contribution in [1.82, 2.24) is 0 Å². The van der Waals surface area contributed by atoms with E-state index in [0.29, 0.717) is 23.3 Å². The number of carbonyl (C=O) groups is 1. The summed E-state index contributed by atoms with van der Waals surface area (Å²) < 4.78 is 0. The van der Waals surface area contributed by atoms with Crippen LogP contribution in [0.4, 0.5) is 0 Å². The minimum absolute atomic E-state index is 0.0818. The molecule has 1 unspecified atom stereocenters. The molecular weight excluding hydrogens is 224 g/mol. The maximum Gasteiger partial charge on any atom is 0.163 e. The summed E-state index contributed by atoms with van der Waals surface area (Å²) in [5.41, 5.74) is 1.59. The van der Waals surface area contributed by atoms with E-state index < -0.39 is 0 Å². The van der Waals surface area contributed by atoms with Gasteiger partial charge in [-0.05, 0) is 48.8 Å². The van der Waals surface area contributed by atoms with Crippen molar-refractivity contribution in [3.63, 3.8) is 0 Å². The molecule has 0 saturated heterocycles. The Morgan fingerprint density at radius 1 is 1.22 bits per heavy atom. The molecule has 1 N–H and O–H groups in total. The lowest BCUT2D eigenvalue weighted by molar-refractivity contribution is 0.101. The quantitative estimate of drug-likeness (QED) is 0.785. The van der Waals surface area contributed by atoms with Gasteiger partial charge in [0.1, 0.15) is 5.75 Å². The molecule has 1 aromatic carbocycles. The van der Waals surface area contributed by atoms with Crippen molar-refractivity contribution in [3.05, 3.63) is 29.3 Å². The first-order valence-corrected chi connectivity index (χ1v) is 6.66. The summed E-state index contributed by atoms with van der Waals surface area (Å²) in [7, 11) is 0. The van der Waals surface area contributed by atoms with Gasteiger partial charge in [0, 0.05) is 0 Å². The van der Waals surface area contributed by atoms with Crippen LogP contribution in [-0.4, -0.2) is 10.9 Å². The Morgan fingerprint density at radius 3 is 2.28 bits per heavy atom. The molecular formula is C16H24O2. The van der Waals surface area contributed by atoms with Crippen molar-refractivity contribution in [1.29, 1.82) is 0 Å². The fraction of sp³-hybridized carbons (Fsp3) is 0.562. The van der Waals surface area contributed by atoms with Crippen LogP contribution in [-0.2, 0) is 0 Å². The normalized spacial score (nSPS) is 13.1. The molecule has 0 bridgehead atoms. The van der Waals surface area contributed by atoms with Gasteiger partial charge < -0.3 is 5.11 Å². The second kappa shape index (κ2) is 6.03. The molecule has 0 fully saturated rings. The lowest BCUT2D eigenvalue weighted by Gasteiger charge is -2.24. The molecule has 0 amide bonds.